The molecule has 0 heterocycles. The van der Waals surface area contributed by atoms with Gasteiger partial charge in [0.05, 0.1) is 0 Å². The second-order valence-corrected chi connectivity index (χ2v) is 4.54. The Morgan fingerprint density at radius 1 is 1.17 bits per heavy atom. The predicted molar refractivity (Wildman–Crippen MR) is 71.9 cm³/mol. The van der Waals surface area contributed by atoms with Crippen LogP contribution in [-0.4, -0.2) is 12.5 Å². The Bertz CT molecular complexity index is 348. The van der Waals surface area contributed by atoms with Crippen LogP contribution in [0.5, 0.6) is 0 Å². The van der Waals surface area contributed by atoms with Gasteiger partial charge in [0.1, 0.15) is 5.82 Å². The van der Waals surface area contributed by atoms with Crippen molar-refractivity contribution in [2.45, 2.75) is 45.4 Å². The summed E-state index contributed by atoms with van der Waals surface area (Å²) in [6, 6.07) is 6.46. The van der Waals surface area contributed by atoms with Gasteiger partial charge in [-0.05, 0) is 37.0 Å². The average Bonchev–Trinajstić information content (AvgIpc) is 2.37. The van der Waals surface area contributed by atoms with Gasteiger partial charge in [-0.25, -0.2) is 4.39 Å². The van der Waals surface area contributed by atoms with Crippen LogP contribution in [0, 0.1) is 5.82 Å². The maximum Gasteiger partial charge on any atom is 0.220 e. The number of nitrogens with one attached hydrogen (secondary N) is 1. The quantitative estimate of drug-likeness (QED) is 0.704. The molecule has 3 heteroatoms. The Hall–Kier alpha value is -1.38. The molecule has 100 valence electrons. The Labute approximate surface area is 109 Å². The molecule has 0 aliphatic carbocycles. The zero-order chi connectivity index (χ0) is 13.2. The Balaban J connectivity index is 2.10. The van der Waals surface area contributed by atoms with Gasteiger partial charge in [0.25, 0.3) is 0 Å². The van der Waals surface area contributed by atoms with Crippen LogP contribution < -0.4 is 5.32 Å². The molecule has 1 N–H and O–H groups in total. The molecule has 2 nitrogen and oxygen atoms in total. The monoisotopic (exact) mass is 251 g/mol. The van der Waals surface area contributed by atoms with Crippen molar-refractivity contribution in [2.24, 2.45) is 0 Å². The summed E-state index contributed by atoms with van der Waals surface area (Å²) in [5.41, 5.74) is 1.08. The van der Waals surface area contributed by atoms with Gasteiger partial charge in [0.2, 0.25) is 5.91 Å². The van der Waals surface area contributed by atoms with Gasteiger partial charge in [0.15, 0.2) is 0 Å². The summed E-state index contributed by atoms with van der Waals surface area (Å²) in [5, 5.41) is 2.91. The van der Waals surface area contributed by atoms with Gasteiger partial charge < -0.3 is 5.32 Å². The highest BCUT2D eigenvalue weighted by molar-refractivity contribution is 5.75. The van der Waals surface area contributed by atoms with E-state index in [1.54, 1.807) is 12.1 Å². The van der Waals surface area contributed by atoms with Crippen molar-refractivity contribution in [1.82, 2.24) is 5.32 Å². The van der Waals surface area contributed by atoms with Crippen molar-refractivity contribution in [2.75, 3.05) is 6.54 Å². The molecule has 0 aliphatic rings. The largest absolute Gasteiger partial charge is 0.356 e. The number of unbranched alkanes of at least 4 members (excludes halogenated alkanes) is 2. The van der Waals surface area contributed by atoms with Crippen molar-refractivity contribution in [1.29, 1.82) is 0 Å². The number of hydrogen-bond acceptors (Lipinski definition) is 1. The minimum atomic E-state index is -0.215. The van der Waals surface area contributed by atoms with Crippen molar-refractivity contribution >= 4 is 5.91 Å². The van der Waals surface area contributed by atoms with Crippen LogP contribution in [0.4, 0.5) is 4.39 Å². The molecule has 0 saturated carbocycles. The summed E-state index contributed by atoms with van der Waals surface area (Å²) in [7, 11) is 0. The van der Waals surface area contributed by atoms with Crippen LogP contribution in [0.25, 0.3) is 0 Å². The van der Waals surface area contributed by atoms with E-state index >= 15 is 0 Å². The van der Waals surface area contributed by atoms with Gasteiger partial charge in [-0.1, -0.05) is 31.9 Å². The summed E-state index contributed by atoms with van der Waals surface area (Å²) >= 11 is 0. The van der Waals surface area contributed by atoms with E-state index in [0.29, 0.717) is 6.42 Å². The predicted octanol–water partition coefficient (Wildman–Crippen LogP) is 3.45. The van der Waals surface area contributed by atoms with Gasteiger partial charge in [-0.15, -0.1) is 0 Å². The third-order valence-electron chi connectivity index (χ3n) is 2.89. The third-order valence-corrected chi connectivity index (χ3v) is 2.89. The highest BCUT2D eigenvalue weighted by Crippen LogP contribution is 2.06. The molecule has 0 unspecified atom stereocenters. The molecule has 0 fully saturated rings. The zero-order valence-corrected chi connectivity index (χ0v) is 11.0. The van der Waals surface area contributed by atoms with Crippen molar-refractivity contribution < 1.29 is 9.18 Å². The number of carbonyl (C=O) groups is 1. The Morgan fingerprint density at radius 2 is 1.89 bits per heavy atom. The fraction of sp³-hybridized carbons (Fsp3) is 0.533. The lowest BCUT2D eigenvalue weighted by Crippen LogP contribution is -2.24. The van der Waals surface area contributed by atoms with Crippen molar-refractivity contribution in [3.05, 3.63) is 35.6 Å². The number of halogens is 1. The summed E-state index contributed by atoms with van der Waals surface area (Å²) in [5.74, 6) is -0.0966. The number of amides is 1. The highest BCUT2D eigenvalue weighted by Gasteiger charge is 2.01. The van der Waals surface area contributed by atoms with Crippen LogP contribution in [0.2, 0.25) is 0 Å². The fourth-order valence-electron chi connectivity index (χ4n) is 1.80. The number of aryl methyl sites for hydroxylation is 1. The van der Waals surface area contributed by atoms with Gasteiger partial charge in [-0.2, -0.15) is 0 Å². The standard InChI is InChI=1S/C15H22FNO/c1-2-3-4-12-17-15(18)7-5-6-13-8-10-14(16)11-9-13/h8-11H,2-7,12H2,1H3,(H,17,18). The number of rotatable bonds is 8. The SMILES string of the molecule is CCCCCNC(=O)CCCc1ccc(F)cc1. The lowest BCUT2D eigenvalue weighted by atomic mass is 10.1. The lowest BCUT2D eigenvalue weighted by Gasteiger charge is -2.04. The van der Waals surface area contributed by atoms with E-state index in [1.165, 1.54) is 18.6 Å². The van der Waals surface area contributed by atoms with E-state index in [2.05, 4.69) is 12.2 Å². The van der Waals surface area contributed by atoms with Crippen molar-refractivity contribution in [3.63, 3.8) is 0 Å². The first-order valence-corrected chi connectivity index (χ1v) is 6.73. The first-order valence-electron chi connectivity index (χ1n) is 6.73. The minimum Gasteiger partial charge on any atom is -0.356 e. The van der Waals surface area contributed by atoms with E-state index in [4.69, 9.17) is 0 Å². The second kappa shape index (κ2) is 8.67. The number of carbonyl (C=O) groups excluding carboxylic acids is 1. The summed E-state index contributed by atoms with van der Waals surface area (Å²) < 4.78 is 12.7. The van der Waals surface area contributed by atoms with Gasteiger partial charge in [0, 0.05) is 13.0 Å². The molecule has 1 rings (SSSR count). The molecule has 1 aromatic rings. The first-order chi connectivity index (χ1) is 8.72. The van der Waals surface area contributed by atoms with E-state index in [1.807, 2.05) is 0 Å². The fourth-order valence-corrected chi connectivity index (χ4v) is 1.80. The molecule has 18 heavy (non-hydrogen) atoms. The second-order valence-electron chi connectivity index (χ2n) is 4.54. The molecule has 0 aliphatic heterocycles. The van der Waals surface area contributed by atoms with Gasteiger partial charge >= 0.3 is 0 Å². The maximum atomic E-state index is 12.7. The molecule has 0 atom stereocenters. The Kier molecular flexibility index (Phi) is 7.07. The summed E-state index contributed by atoms with van der Waals surface area (Å²) in [4.78, 5) is 11.5. The van der Waals surface area contributed by atoms with Crippen LogP contribution in [0.15, 0.2) is 24.3 Å². The van der Waals surface area contributed by atoms with E-state index in [-0.39, 0.29) is 11.7 Å². The van der Waals surface area contributed by atoms with E-state index in [9.17, 15) is 9.18 Å². The van der Waals surface area contributed by atoms with Gasteiger partial charge in [-0.3, -0.25) is 4.79 Å². The molecule has 0 radical (unpaired) electrons. The average molecular weight is 251 g/mol. The molecule has 0 saturated heterocycles. The molecular formula is C15H22FNO. The van der Waals surface area contributed by atoms with Crippen molar-refractivity contribution in [3.8, 4) is 0 Å². The van der Waals surface area contributed by atoms with Crippen LogP contribution >= 0.6 is 0 Å². The smallest absolute Gasteiger partial charge is 0.220 e. The molecular weight excluding hydrogens is 229 g/mol. The zero-order valence-electron chi connectivity index (χ0n) is 11.0. The summed E-state index contributed by atoms with van der Waals surface area (Å²) in [6.45, 7) is 2.92. The lowest BCUT2D eigenvalue weighted by molar-refractivity contribution is -0.121. The van der Waals surface area contributed by atoms with Crippen LogP contribution in [-0.2, 0) is 11.2 Å². The highest BCUT2D eigenvalue weighted by atomic mass is 19.1. The van der Waals surface area contributed by atoms with E-state index in [0.717, 1.165) is 37.8 Å². The topological polar surface area (TPSA) is 29.1 Å². The first kappa shape index (κ1) is 14.7. The maximum absolute atomic E-state index is 12.7. The number of hydrogen-bond donors (Lipinski definition) is 1. The van der Waals surface area contributed by atoms with Crippen LogP contribution in [0.3, 0.4) is 0 Å². The number of benzene rings is 1. The molecule has 0 aromatic heterocycles. The third kappa shape index (κ3) is 6.38. The summed E-state index contributed by atoms with van der Waals surface area (Å²) in [6.07, 6.45) is 5.56. The minimum absolute atomic E-state index is 0.119. The normalized spacial score (nSPS) is 10.3. The molecule has 1 aromatic carbocycles. The van der Waals surface area contributed by atoms with E-state index < -0.39 is 0 Å². The molecule has 0 bridgehead atoms. The molecule has 0 spiro atoms. The Morgan fingerprint density at radius 3 is 2.56 bits per heavy atom. The molecule has 1 amide bonds. The van der Waals surface area contributed by atoms with Crippen LogP contribution in [0.1, 0.15) is 44.6 Å².